The second kappa shape index (κ2) is 10.7. The number of hydrogen-bond donors (Lipinski definition) is 0. The third-order valence-corrected chi connectivity index (χ3v) is 3.78. The SMILES string of the molecule is C=C/C(=C(N=Nc1ccc(N(CC)CCC#N)cc1)\C(C#N)=C/C)C(F)(F)F. The fourth-order valence-electron chi connectivity index (χ4n) is 2.35. The minimum atomic E-state index is -4.71. The number of rotatable bonds is 8. The van der Waals surface area contributed by atoms with E-state index in [0.29, 0.717) is 31.3 Å². The van der Waals surface area contributed by atoms with Crippen LogP contribution in [0.4, 0.5) is 24.5 Å². The molecule has 0 aromatic heterocycles. The number of alkyl halides is 3. The zero-order chi connectivity index (χ0) is 21.2. The van der Waals surface area contributed by atoms with Crippen LogP contribution in [0.25, 0.3) is 0 Å². The van der Waals surface area contributed by atoms with E-state index in [9.17, 15) is 13.2 Å². The van der Waals surface area contributed by atoms with Crippen LogP contribution in [0.2, 0.25) is 0 Å². The molecule has 0 aliphatic carbocycles. The molecule has 0 amide bonds. The summed E-state index contributed by atoms with van der Waals surface area (Å²) >= 11 is 0. The number of azo groups is 1. The minimum absolute atomic E-state index is 0.249. The quantitative estimate of drug-likeness (QED) is 0.313. The Balaban J connectivity index is 3.25. The first kappa shape index (κ1) is 22.7. The molecule has 0 unspecified atom stereocenters. The predicted molar refractivity (Wildman–Crippen MR) is 102 cm³/mol. The van der Waals surface area contributed by atoms with E-state index in [-0.39, 0.29) is 5.57 Å². The van der Waals surface area contributed by atoms with E-state index in [0.717, 1.165) is 5.69 Å². The van der Waals surface area contributed by atoms with Crippen molar-refractivity contribution in [1.29, 1.82) is 10.5 Å². The van der Waals surface area contributed by atoms with Crippen molar-refractivity contribution in [3.63, 3.8) is 0 Å². The Bertz CT molecular complexity index is 850. The van der Waals surface area contributed by atoms with Gasteiger partial charge in [-0.15, -0.1) is 5.11 Å². The summed E-state index contributed by atoms with van der Waals surface area (Å²) in [4.78, 5) is 1.99. The van der Waals surface area contributed by atoms with Crippen molar-refractivity contribution in [2.45, 2.75) is 26.4 Å². The first-order valence-corrected chi connectivity index (χ1v) is 8.46. The Morgan fingerprint density at radius 3 is 2.32 bits per heavy atom. The van der Waals surface area contributed by atoms with Crippen LogP contribution in [0, 0.1) is 22.7 Å². The van der Waals surface area contributed by atoms with Gasteiger partial charge in [-0.25, -0.2) is 0 Å². The Morgan fingerprint density at radius 2 is 1.89 bits per heavy atom. The second-order valence-electron chi connectivity index (χ2n) is 5.48. The first-order chi connectivity index (χ1) is 13.3. The predicted octanol–water partition coefficient (Wildman–Crippen LogP) is 5.98. The summed E-state index contributed by atoms with van der Waals surface area (Å²) in [5.41, 5.74) is -0.768. The van der Waals surface area contributed by atoms with E-state index in [2.05, 4.69) is 22.9 Å². The largest absolute Gasteiger partial charge is 0.418 e. The van der Waals surface area contributed by atoms with Gasteiger partial charge in [-0.2, -0.15) is 28.8 Å². The van der Waals surface area contributed by atoms with Gasteiger partial charge in [-0.3, -0.25) is 0 Å². The fourth-order valence-corrected chi connectivity index (χ4v) is 2.35. The molecule has 28 heavy (non-hydrogen) atoms. The van der Waals surface area contributed by atoms with Gasteiger partial charge in [0.05, 0.1) is 29.3 Å². The number of halogens is 3. The van der Waals surface area contributed by atoms with Gasteiger partial charge in [0, 0.05) is 18.8 Å². The average Bonchev–Trinajstić information content (AvgIpc) is 2.67. The van der Waals surface area contributed by atoms with Gasteiger partial charge in [-0.1, -0.05) is 18.7 Å². The van der Waals surface area contributed by atoms with E-state index >= 15 is 0 Å². The molecule has 0 bridgehead atoms. The summed E-state index contributed by atoms with van der Waals surface area (Å²) in [5, 5.41) is 25.4. The zero-order valence-electron chi connectivity index (χ0n) is 15.7. The lowest BCUT2D eigenvalue weighted by molar-refractivity contribution is -0.0888. The Labute approximate surface area is 162 Å². The summed E-state index contributed by atoms with van der Waals surface area (Å²) in [6.07, 6.45) is -2.48. The van der Waals surface area contributed by atoms with Gasteiger partial charge in [0.2, 0.25) is 0 Å². The lowest BCUT2D eigenvalue weighted by Crippen LogP contribution is -2.23. The fraction of sp³-hybridized carbons (Fsp3) is 0.300. The molecule has 1 rings (SSSR count). The molecule has 0 fully saturated rings. The summed E-state index contributed by atoms with van der Waals surface area (Å²) < 4.78 is 39.6. The third-order valence-electron chi connectivity index (χ3n) is 3.78. The smallest absolute Gasteiger partial charge is 0.371 e. The number of nitriles is 2. The van der Waals surface area contributed by atoms with E-state index in [1.807, 2.05) is 11.8 Å². The number of anilines is 1. The minimum Gasteiger partial charge on any atom is -0.371 e. The van der Waals surface area contributed by atoms with E-state index in [1.54, 1.807) is 30.3 Å². The van der Waals surface area contributed by atoms with Gasteiger partial charge in [0.1, 0.15) is 11.8 Å². The molecule has 0 aliphatic heterocycles. The molecule has 146 valence electrons. The van der Waals surface area contributed by atoms with Crippen molar-refractivity contribution in [2.75, 3.05) is 18.0 Å². The normalized spacial score (nSPS) is 12.9. The highest BCUT2D eigenvalue weighted by Gasteiger charge is 2.35. The van der Waals surface area contributed by atoms with Crippen LogP contribution >= 0.6 is 0 Å². The monoisotopic (exact) mass is 387 g/mol. The summed E-state index contributed by atoms with van der Waals surface area (Å²) in [6.45, 7) is 7.85. The molecule has 8 heteroatoms. The standard InChI is InChI=1S/C20H20F3N5/c1-4-15(14-25)19(18(5-2)20(21,22)23)27-26-16-8-10-17(11-9-16)28(6-3)13-7-12-24/h4-5,8-11H,2,6-7,13H2,1,3H3/b15-4-,19-18-,27-26?. The van der Waals surface area contributed by atoms with Crippen LogP contribution < -0.4 is 4.90 Å². The highest BCUT2D eigenvalue weighted by Crippen LogP contribution is 2.33. The molecule has 0 heterocycles. The first-order valence-electron chi connectivity index (χ1n) is 8.46. The molecule has 0 N–H and O–H groups in total. The van der Waals surface area contributed by atoms with Gasteiger partial charge in [0.25, 0.3) is 0 Å². The highest BCUT2D eigenvalue weighted by molar-refractivity contribution is 5.53. The molecular weight excluding hydrogens is 367 g/mol. The van der Waals surface area contributed by atoms with Crippen molar-refractivity contribution in [2.24, 2.45) is 10.2 Å². The van der Waals surface area contributed by atoms with Crippen molar-refractivity contribution in [3.05, 3.63) is 59.8 Å². The Morgan fingerprint density at radius 1 is 1.25 bits per heavy atom. The van der Waals surface area contributed by atoms with Crippen LogP contribution in [0.5, 0.6) is 0 Å². The molecule has 0 saturated carbocycles. The van der Waals surface area contributed by atoms with Crippen LogP contribution in [0.3, 0.4) is 0 Å². The van der Waals surface area contributed by atoms with Crippen molar-refractivity contribution in [3.8, 4) is 12.1 Å². The van der Waals surface area contributed by atoms with Crippen molar-refractivity contribution < 1.29 is 13.2 Å². The maximum absolute atomic E-state index is 13.2. The lowest BCUT2D eigenvalue weighted by atomic mass is 10.1. The molecule has 0 aliphatic rings. The van der Waals surface area contributed by atoms with Crippen molar-refractivity contribution >= 4 is 11.4 Å². The molecule has 0 saturated heterocycles. The van der Waals surface area contributed by atoms with Crippen LogP contribution in [0.15, 0.2) is 70.1 Å². The summed E-state index contributed by atoms with van der Waals surface area (Å²) in [6, 6.07) is 10.5. The molecule has 1 aromatic rings. The molecule has 5 nitrogen and oxygen atoms in total. The van der Waals surface area contributed by atoms with E-state index < -0.39 is 17.4 Å². The molecule has 0 spiro atoms. The van der Waals surface area contributed by atoms with Gasteiger partial charge in [0.15, 0.2) is 0 Å². The second-order valence-corrected chi connectivity index (χ2v) is 5.48. The average molecular weight is 387 g/mol. The molecule has 0 atom stereocenters. The van der Waals surface area contributed by atoms with Gasteiger partial charge in [-0.05, 0) is 38.1 Å². The number of benzene rings is 1. The van der Waals surface area contributed by atoms with E-state index in [1.165, 1.54) is 13.0 Å². The van der Waals surface area contributed by atoms with Crippen LogP contribution in [0.1, 0.15) is 20.3 Å². The molecular formula is C20H20F3N5. The van der Waals surface area contributed by atoms with Crippen LogP contribution in [-0.4, -0.2) is 19.3 Å². The summed E-state index contributed by atoms with van der Waals surface area (Å²) in [7, 11) is 0. The zero-order valence-corrected chi connectivity index (χ0v) is 15.7. The highest BCUT2D eigenvalue weighted by atomic mass is 19.4. The number of nitrogens with zero attached hydrogens (tertiary/aromatic N) is 5. The number of hydrogen-bond acceptors (Lipinski definition) is 5. The lowest BCUT2D eigenvalue weighted by Gasteiger charge is -2.21. The topological polar surface area (TPSA) is 75.5 Å². The number of allylic oxidation sites excluding steroid dienone is 4. The maximum Gasteiger partial charge on any atom is 0.418 e. The molecule has 0 radical (unpaired) electrons. The van der Waals surface area contributed by atoms with E-state index in [4.69, 9.17) is 10.5 Å². The van der Waals surface area contributed by atoms with Crippen molar-refractivity contribution in [1.82, 2.24) is 0 Å². The summed E-state index contributed by atoms with van der Waals surface area (Å²) in [5.74, 6) is 0. The van der Waals surface area contributed by atoms with Crippen LogP contribution in [-0.2, 0) is 0 Å². The Hall–Kier alpha value is -3.39. The molecule has 1 aromatic carbocycles. The van der Waals surface area contributed by atoms with Gasteiger partial charge >= 0.3 is 6.18 Å². The van der Waals surface area contributed by atoms with Gasteiger partial charge < -0.3 is 4.90 Å². The Kier molecular flexibility index (Phi) is 8.64. The maximum atomic E-state index is 13.2. The third kappa shape index (κ3) is 6.10.